The van der Waals surface area contributed by atoms with Gasteiger partial charge < -0.3 is 4.90 Å². The Labute approximate surface area is 206 Å². The first-order valence-electron chi connectivity index (χ1n) is 11.2. The predicted molar refractivity (Wildman–Crippen MR) is 153 cm³/mol. The normalized spacial score (nSPS) is 23.3. The Morgan fingerprint density at radius 1 is 0.970 bits per heavy atom. The van der Waals surface area contributed by atoms with Gasteiger partial charge in [-0.1, -0.05) is 28.1 Å². The number of H-pyrrole nitrogens is 1. The molecular formula is C19H25B7ClN5O. The first kappa shape index (κ1) is 23.9. The highest BCUT2D eigenvalue weighted by molar-refractivity contribution is 6.67. The van der Waals surface area contributed by atoms with Crippen LogP contribution in [-0.4, -0.2) is 86.3 Å². The van der Waals surface area contributed by atoms with E-state index in [-0.39, 0.29) is 16.3 Å². The highest BCUT2D eigenvalue weighted by Gasteiger charge is 2.65. The van der Waals surface area contributed by atoms with Gasteiger partial charge in [0.25, 0.3) is 0 Å². The maximum Gasteiger partial charge on any atom is 0.224 e. The van der Waals surface area contributed by atoms with Gasteiger partial charge in [-0.2, -0.15) is 5.10 Å². The number of piperidine rings is 1. The van der Waals surface area contributed by atoms with Gasteiger partial charge in [0.2, 0.25) is 5.91 Å². The van der Waals surface area contributed by atoms with Crippen LogP contribution in [0.25, 0.3) is 11.3 Å². The van der Waals surface area contributed by atoms with Gasteiger partial charge in [-0.25, -0.2) is 4.98 Å². The summed E-state index contributed by atoms with van der Waals surface area (Å²) >= 11 is 6.01. The molecule has 160 valence electrons. The van der Waals surface area contributed by atoms with Crippen LogP contribution in [0.3, 0.4) is 0 Å². The third-order valence-corrected chi connectivity index (χ3v) is 9.06. The Morgan fingerprint density at radius 3 is 2.24 bits per heavy atom. The topological polar surface area (TPSA) is 74.8 Å². The van der Waals surface area contributed by atoms with Crippen LogP contribution >= 0.6 is 11.6 Å². The third kappa shape index (κ3) is 3.51. The molecule has 1 saturated heterocycles. The molecule has 0 bridgehead atoms. The van der Waals surface area contributed by atoms with E-state index in [1.54, 1.807) is 24.7 Å². The molecule has 1 N–H and O–H groups in total. The number of nitrogens with zero attached hydrogens (tertiary/aromatic N) is 4. The molecule has 1 amide bonds. The van der Waals surface area contributed by atoms with Gasteiger partial charge in [-0.3, -0.25) is 14.9 Å². The molecule has 3 aromatic heterocycles. The fourth-order valence-corrected chi connectivity index (χ4v) is 5.34. The molecule has 1 fully saturated rings. The molecule has 0 aromatic carbocycles. The van der Waals surface area contributed by atoms with E-state index in [9.17, 15) is 4.79 Å². The molecule has 0 saturated carbocycles. The van der Waals surface area contributed by atoms with Crippen molar-refractivity contribution in [3.05, 3.63) is 59.6 Å². The van der Waals surface area contributed by atoms with Gasteiger partial charge in [-0.05, 0) is 35.5 Å². The minimum Gasteiger partial charge on any atom is -0.309 e. The number of pyridine rings is 2. The second-order valence-corrected chi connectivity index (χ2v) is 11.2. The van der Waals surface area contributed by atoms with Crippen LogP contribution in [0.15, 0.2) is 48.9 Å². The van der Waals surface area contributed by atoms with E-state index >= 15 is 0 Å². The van der Waals surface area contributed by atoms with E-state index in [1.165, 1.54) is 0 Å². The van der Waals surface area contributed by atoms with Gasteiger partial charge in [-0.15, -0.1) is 0 Å². The van der Waals surface area contributed by atoms with Crippen molar-refractivity contribution in [3.8, 4) is 11.3 Å². The van der Waals surface area contributed by atoms with Crippen molar-refractivity contribution < 1.29 is 4.79 Å². The van der Waals surface area contributed by atoms with E-state index in [0.717, 1.165) is 16.8 Å². The summed E-state index contributed by atoms with van der Waals surface area (Å²) < 4.78 is 0. The lowest BCUT2D eigenvalue weighted by Crippen LogP contribution is -2.74. The molecule has 1 atom stereocenters. The van der Waals surface area contributed by atoms with Crippen LogP contribution in [0.1, 0.15) is 5.56 Å². The SMILES string of the molecule is BC1(Cc2ccc(Cl)nc2)C(=O)N(c2cc(-c3ccncc3)n[nH]2)C(B)(B)C(B)(B)C1(B)B. The van der Waals surface area contributed by atoms with Crippen molar-refractivity contribution in [2.24, 2.45) is 0 Å². The zero-order valence-electron chi connectivity index (χ0n) is 20.4. The molecule has 14 heteroatoms. The molecule has 4 rings (SSSR count). The summed E-state index contributed by atoms with van der Waals surface area (Å²) in [7, 11) is 15.3. The van der Waals surface area contributed by atoms with Crippen molar-refractivity contribution in [2.45, 2.75) is 27.5 Å². The molecule has 33 heavy (non-hydrogen) atoms. The van der Waals surface area contributed by atoms with Gasteiger partial charge in [0.15, 0.2) is 0 Å². The van der Waals surface area contributed by atoms with Crippen LogP contribution in [0.5, 0.6) is 0 Å². The lowest BCUT2D eigenvalue weighted by atomic mass is 9.12. The molecule has 1 unspecified atom stereocenters. The Hall–Kier alpha value is -2.28. The number of halogens is 1. The molecule has 0 radical (unpaired) electrons. The van der Waals surface area contributed by atoms with E-state index < -0.39 is 10.7 Å². The average Bonchev–Trinajstić information content (AvgIpc) is 3.24. The Kier molecular flexibility index (Phi) is 5.71. The monoisotopic (exact) mass is 451 g/mol. The molecular weight excluding hydrogens is 425 g/mol. The summed E-state index contributed by atoms with van der Waals surface area (Å²) in [6, 6.07) is 9.51. The highest BCUT2D eigenvalue weighted by atomic mass is 35.5. The molecule has 0 aliphatic carbocycles. The maximum atomic E-state index is 14.4. The van der Waals surface area contributed by atoms with Crippen molar-refractivity contribution >= 4 is 78.2 Å². The summed E-state index contributed by atoms with van der Waals surface area (Å²) in [5.74, 6) is 0.762. The molecule has 1 aliphatic rings. The molecule has 1 aliphatic heterocycles. The number of nitrogens with one attached hydrogen (secondary N) is 1. The van der Waals surface area contributed by atoms with Crippen LogP contribution in [0, 0.1) is 0 Å². The fraction of sp³-hybridized carbons (Fsp3) is 0.263. The first-order valence-corrected chi connectivity index (χ1v) is 11.6. The number of rotatable bonds is 4. The number of hydrogen-bond acceptors (Lipinski definition) is 4. The second kappa shape index (κ2) is 7.90. The number of amides is 1. The van der Waals surface area contributed by atoms with Crippen LogP contribution in [0.4, 0.5) is 5.82 Å². The van der Waals surface area contributed by atoms with Crippen molar-refractivity contribution in [1.29, 1.82) is 0 Å². The van der Waals surface area contributed by atoms with E-state index in [4.69, 9.17) is 11.6 Å². The molecule has 4 heterocycles. The molecule has 6 nitrogen and oxygen atoms in total. The van der Waals surface area contributed by atoms with Gasteiger partial charge in [0.1, 0.15) is 34.5 Å². The number of hydrogen-bond donors (Lipinski definition) is 1. The summed E-state index contributed by atoms with van der Waals surface area (Å²) in [6.07, 6.45) is 5.81. The fourth-order valence-electron chi connectivity index (χ4n) is 5.22. The number of anilines is 1. The zero-order chi connectivity index (χ0) is 24.2. The quantitative estimate of drug-likeness (QED) is 0.332. The van der Waals surface area contributed by atoms with Gasteiger partial charge >= 0.3 is 0 Å². The van der Waals surface area contributed by atoms with Crippen molar-refractivity contribution in [2.75, 3.05) is 4.90 Å². The van der Waals surface area contributed by atoms with E-state index in [2.05, 4.69) is 75.1 Å². The second-order valence-electron chi connectivity index (χ2n) is 10.8. The van der Waals surface area contributed by atoms with Gasteiger partial charge in [0, 0.05) is 35.5 Å². The van der Waals surface area contributed by atoms with E-state index in [0.29, 0.717) is 17.4 Å². The predicted octanol–water partition coefficient (Wildman–Crippen LogP) is -3.41. The summed E-state index contributed by atoms with van der Waals surface area (Å²) in [5, 5.41) is 6.36. The highest BCUT2D eigenvalue weighted by Crippen LogP contribution is 2.67. The zero-order valence-corrected chi connectivity index (χ0v) is 21.2. The minimum absolute atomic E-state index is 0.0664. The summed E-state index contributed by atoms with van der Waals surface area (Å²) in [4.78, 5) is 24.7. The lowest BCUT2D eigenvalue weighted by Gasteiger charge is -2.68. The average molecular weight is 451 g/mol. The number of carbonyl (C=O) groups excluding carboxylic acids is 1. The van der Waals surface area contributed by atoms with Crippen molar-refractivity contribution in [3.63, 3.8) is 0 Å². The number of carbonyl (C=O) groups is 1. The lowest BCUT2D eigenvalue weighted by molar-refractivity contribution is -0.124. The van der Waals surface area contributed by atoms with E-state index in [1.807, 2.05) is 29.2 Å². The van der Waals surface area contributed by atoms with Crippen molar-refractivity contribution in [1.82, 2.24) is 20.2 Å². The Balaban J connectivity index is 1.83. The van der Waals surface area contributed by atoms with Crippen LogP contribution < -0.4 is 4.90 Å². The number of aromatic nitrogens is 4. The largest absolute Gasteiger partial charge is 0.309 e. The smallest absolute Gasteiger partial charge is 0.224 e. The third-order valence-electron chi connectivity index (χ3n) is 8.83. The summed E-state index contributed by atoms with van der Waals surface area (Å²) in [6.45, 7) is 0. The molecule has 3 aromatic rings. The van der Waals surface area contributed by atoms with Crippen LogP contribution in [0.2, 0.25) is 20.9 Å². The maximum absolute atomic E-state index is 14.4. The Bertz CT molecular complexity index is 1190. The molecule has 0 spiro atoms. The summed E-state index contributed by atoms with van der Waals surface area (Å²) in [5.41, 5.74) is 2.72. The Morgan fingerprint density at radius 2 is 1.64 bits per heavy atom. The van der Waals surface area contributed by atoms with Crippen LogP contribution in [-0.2, 0) is 11.2 Å². The minimum atomic E-state index is -0.691. The standard InChI is InChI=1S/C19H25B7ClN5O/c20-16(8-10-1-2-13(27)29-9-10)15(33)32(19(25,26)18(23,24)17(16,21)22)14-7-12(30-31-14)11-3-5-28-6-4-11/h1-7,9H,8,20-26H2,(H,30,31). The number of aromatic amines is 1. The first-order chi connectivity index (χ1) is 15.3. The van der Waals surface area contributed by atoms with Gasteiger partial charge in [0.05, 0.1) is 37.1 Å².